The number of aliphatic carboxylic acids is 1. The molecule has 168 valence electrons. The maximum atomic E-state index is 12.3. The van der Waals surface area contributed by atoms with Gasteiger partial charge in [0, 0.05) is 30.7 Å². The lowest BCUT2D eigenvalue weighted by Crippen LogP contribution is -2.60. The van der Waals surface area contributed by atoms with Crippen LogP contribution in [0.15, 0.2) is 30.5 Å². The normalized spacial score (nSPS) is 19.5. The average Bonchev–Trinajstić information content (AvgIpc) is 3.35. The van der Waals surface area contributed by atoms with Crippen LogP contribution in [0.2, 0.25) is 0 Å². The number of aromatic nitrogens is 3. The van der Waals surface area contributed by atoms with E-state index in [0.29, 0.717) is 12.3 Å². The van der Waals surface area contributed by atoms with Gasteiger partial charge in [-0.05, 0) is 31.5 Å². The van der Waals surface area contributed by atoms with Crippen LogP contribution in [0, 0.1) is 6.92 Å². The number of halogens is 3. The van der Waals surface area contributed by atoms with Gasteiger partial charge in [0.1, 0.15) is 5.69 Å². The van der Waals surface area contributed by atoms with Gasteiger partial charge in [-0.2, -0.15) is 18.3 Å². The number of rotatable bonds is 4. The molecule has 2 aromatic heterocycles. The van der Waals surface area contributed by atoms with Crippen molar-refractivity contribution in [1.29, 1.82) is 0 Å². The Bertz CT molecular complexity index is 917. The third kappa shape index (κ3) is 5.97. The zero-order valence-corrected chi connectivity index (χ0v) is 17.4. The molecule has 31 heavy (non-hydrogen) atoms. The van der Waals surface area contributed by atoms with Gasteiger partial charge >= 0.3 is 12.1 Å². The number of likely N-dealkylation sites (tertiary alicyclic amines) is 1. The fraction of sp³-hybridized carbons (Fsp3) is 0.474. The first-order valence-corrected chi connectivity index (χ1v) is 10.3. The van der Waals surface area contributed by atoms with Crippen molar-refractivity contribution >= 4 is 23.6 Å². The Morgan fingerprint density at radius 2 is 2.06 bits per heavy atom. The Morgan fingerprint density at radius 1 is 1.35 bits per heavy atom. The number of carbonyl (C=O) groups is 2. The van der Waals surface area contributed by atoms with Crippen LogP contribution in [-0.2, 0) is 16.1 Å². The van der Waals surface area contributed by atoms with Crippen molar-refractivity contribution in [3.63, 3.8) is 0 Å². The summed E-state index contributed by atoms with van der Waals surface area (Å²) in [6.07, 6.45) is -2.24. The molecular formula is C19H21F3N4O4S. The van der Waals surface area contributed by atoms with E-state index < -0.39 is 12.1 Å². The van der Waals surface area contributed by atoms with Gasteiger partial charge in [-0.25, -0.2) is 4.79 Å². The molecule has 4 rings (SSSR count). The van der Waals surface area contributed by atoms with E-state index in [0.717, 1.165) is 36.7 Å². The van der Waals surface area contributed by atoms with Crippen molar-refractivity contribution in [2.75, 3.05) is 18.8 Å². The van der Waals surface area contributed by atoms with Gasteiger partial charge in [0.05, 0.1) is 23.2 Å². The summed E-state index contributed by atoms with van der Waals surface area (Å²) in [5.74, 6) is -1.74. The highest BCUT2D eigenvalue weighted by atomic mass is 32.2. The van der Waals surface area contributed by atoms with Crippen molar-refractivity contribution < 1.29 is 32.6 Å². The third-order valence-electron chi connectivity index (χ3n) is 4.81. The highest BCUT2D eigenvalue weighted by Crippen LogP contribution is 2.46. The topological polar surface area (TPSA) is 108 Å². The number of amides is 1. The molecular weight excluding hydrogens is 437 g/mol. The second kappa shape index (κ2) is 9.27. The van der Waals surface area contributed by atoms with Crippen LogP contribution in [0.1, 0.15) is 28.3 Å². The monoisotopic (exact) mass is 458 g/mol. The Hall–Kier alpha value is -2.60. The van der Waals surface area contributed by atoms with E-state index in [2.05, 4.69) is 15.2 Å². The van der Waals surface area contributed by atoms with E-state index in [1.165, 1.54) is 0 Å². The average molecular weight is 458 g/mol. The molecule has 0 saturated carbocycles. The first kappa shape index (κ1) is 23.1. The number of hydrogen-bond acceptors (Lipinski definition) is 6. The van der Waals surface area contributed by atoms with Crippen molar-refractivity contribution in [3.8, 4) is 0 Å². The largest absolute Gasteiger partial charge is 0.490 e. The predicted octanol–water partition coefficient (Wildman–Crippen LogP) is 2.66. The van der Waals surface area contributed by atoms with Crippen molar-refractivity contribution in [1.82, 2.24) is 20.1 Å². The summed E-state index contributed by atoms with van der Waals surface area (Å²) in [6, 6.07) is 7.72. The van der Waals surface area contributed by atoms with Crippen LogP contribution in [0.5, 0.6) is 0 Å². The van der Waals surface area contributed by atoms with Crippen molar-refractivity contribution in [2.24, 2.45) is 0 Å². The van der Waals surface area contributed by atoms with E-state index in [4.69, 9.17) is 14.6 Å². The maximum Gasteiger partial charge on any atom is 0.490 e. The molecule has 2 aromatic rings. The van der Waals surface area contributed by atoms with Gasteiger partial charge < -0.3 is 14.7 Å². The number of alkyl halides is 3. The van der Waals surface area contributed by atoms with Crippen molar-refractivity contribution in [3.05, 3.63) is 47.5 Å². The maximum absolute atomic E-state index is 12.3. The molecule has 12 heteroatoms. The number of thioether (sulfide) groups is 1. The zero-order valence-electron chi connectivity index (χ0n) is 16.6. The second-order valence-electron chi connectivity index (χ2n) is 7.34. The van der Waals surface area contributed by atoms with Gasteiger partial charge in [0.15, 0.2) is 0 Å². The summed E-state index contributed by atoms with van der Waals surface area (Å²) < 4.78 is 37.9. The number of nitrogens with one attached hydrogen (secondary N) is 1. The lowest BCUT2D eigenvalue weighted by molar-refractivity contribution is -0.192. The summed E-state index contributed by atoms with van der Waals surface area (Å²) in [5.41, 5.74) is 2.55. The Labute approximate surface area is 180 Å². The van der Waals surface area contributed by atoms with Gasteiger partial charge in [-0.1, -0.05) is 6.07 Å². The number of ether oxygens (including phenoxy) is 1. The van der Waals surface area contributed by atoms with Crippen LogP contribution in [0.4, 0.5) is 13.2 Å². The summed E-state index contributed by atoms with van der Waals surface area (Å²) >= 11 is 1.93. The number of nitrogens with zero attached hydrogens (tertiary/aromatic N) is 3. The van der Waals surface area contributed by atoms with Crippen LogP contribution < -0.4 is 0 Å². The van der Waals surface area contributed by atoms with Crippen molar-refractivity contribution in [2.45, 2.75) is 37.0 Å². The van der Waals surface area contributed by atoms with Gasteiger partial charge in [0.2, 0.25) is 0 Å². The molecule has 2 aliphatic rings. The molecule has 0 bridgehead atoms. The molecule has 1 spiro atoms. The minimum Gasteiger partial charge on any atom is -0.475 e. The number of carboxylic acids is 1. The van der Waals surface area contributed by atoms with Gasteiger partial charge in [-0.15, -0.1) is 11.8 Å². The van der Waals surface area contributed by atoms with Gasteiger partial charge in [-0.3, -0.25) is 14.9 Å². The number of hydrogen-bond donors (Lipinski definition) is 2. The van der Waals surface area contributed by atoms with E-state index in [1.807, 2.05) is 41.8 Å². The predicted molar refractivity (Wildman–Crippen MR) is 106 cm³/mol. The fourth-order valence-corrected chi connectivity index (χ4v) is 4.90. The standard InChI is InChI=1S/C17H20N4O2S.C2HF3O2/c1-12-3-2-4-13(19-12)8-23-14-7-17(24-9-14)10-21(11-17)16(22)15-5-6-18-20-15;3-2(4,5)1(6)7/h2-6,14H,7-11H2,1H3,(H,18,20);(H,6,7). The first-order valence-electron chi connectivity index (χ1n) is 9.35. The zero-order chi connectivity index (χ0) is 22.6. The minimum atomic E-state index is -5.08. The molecule has 1 unspecified atom stereocenters. The summed E-state index contributed by atoms with van der Waals surface area (Å²) in [7, 11) is 0. The molecule has 2 N–H and O–H groups in total. The Kier molecular flexibility index (Phi) is 6.90. The van der Waals surface area contributed by atoms with E-state index in [9.17, 15) is 18.0 Å². The van der Waals surface area contributed by atoms with Crippen LogP contribution in [-0.4, -0.2) is 72.9 Å². The smallest absolute Gasteiger partial charge is 0.475 e. The number of aromatic amines is 1. The van der Waals surface area contributed by atoms with Crippen LogP contribution in [0.25, 0.3) is 0 Å². The molecule has 4 heterocycles. The van der Waals surface area contributed by atoms with E-state index in [1.54, 1.807) is 12.3 Å². The SMILES string of the molecule is Cc1cccc(COC2CSC3(C2)CN(C(=O)c2ccn[nH]2)C3)n1.O=C(O)C(F)(F)F. The molecule has 2 saturated heterocycles. The summed E-state index contributed by atoms with van der Waals surface area (Å²) in [6.45, 7) is 4.12. The molecule has 2 aliphatic heterocycles. The van der Waals surface area contributed by atoms with E-state index >= 15 is 0 Å². The molecule has 0 aliphatic carbocycles. The second-order valence-corrected chi connectivity index (χ2v) is 8.82. The Balaban J connectivity index is 0.000000339. The third-order valence-corrected chi connectivity index (χ3v) is 6.38. The molecule has 1 amide bonds. The van der Waals surface area contributed by atoms with Crippen LogP contribution in [0.3, 0.4) is 0 Å². The molecule has 1 atom stereocenters. The first-order chi connectivity index (χ1) is 14.6. The fourth-order valence-electron chi connectivity index (χ4n) is 3.35. The lowest BCUT2D eigenvalue weighted by atomic mass is 9.92. The molecule has 0 radical (unpaired) electrons. The number of carbonyl (C=O) groups excluding carboxylic acids is 1. The molecule has 0 aromatic carbocycles. The Morgan fingerprint density at radius 3 is 2.65 bits per heavy atom. The number of aryl methyl sites for hydroxylation is 1. The van der Waals surface area contributed by atoms with E-state index in [-0.39, 0.29) is 16.8 Å². The molecule has 8 nitrogen and oxygen atoms in total. The van der Waals surface area contributed by atoms with Crippen LogP contribution >= 0.6 is 11.8 Å². The summed E-state index contributed by atoms with van der Waals surface area (Å²) in [4.78, 5) is 27.5. The number of H-pyrrole nitrogens is 1. The lowest BCUT2D eigenvalue weighted by Gasteiger charge is -2.47. The number of pyridine rings is 1. The minimum absolute atomic E-state index is 0.0343. The quantitative estimate of drug-likeness (QED) is 0.725. The molecule has 2 fully saturated rings. The summed E-state index contributed by atoms with van der Waals surface area (Å²) in [5, 5.41) is 13.7. The number of carboxylic acid groups (broad SMARTS) is 1. The highest BCUT2D eigenvalue weighted by molar-refractivity contribution is 8.01. The van der Waals surface area contributed by atoms with Gasteiger partial charge in [0.25, 0.3) is 5.91 Å². The highest BCUT2D eigenvalue weighted by Gasteiger charge is 2.51.